The minimum absolute atomic E-state index is 0.102. The molecule has 3 unspecified atom stereocenters. The average molecular weight is 247 g/mol. The number of ether oxygens (including phenoxy) is 1. The van der Waals surface area contributed by atoms with Crippen molar-refractivity contribution in [3.63, 3.8) is 0 Å². The van der Waals surface area contributed by atoms with E-state index in [1.165, 1.54) is 19.3 Å². The van der Waals surface area contributed by atoms with Crippen LogP contribution in [0.3, 0.4) is 0 Å². The molecule has 0 aromatic heterocycles. The second kappa shape index (κ2) is 4.47. The normalized spacial score (nSPS) is 33.7. The van der Waals surface area contributed by atoms with Gasteiger partial charge in [-0.2, -0.15) is 0 Å². The Morgan fingerprint density at radius 1 is 1.50 bits per heavy atom. The first-order valence-electron chi connectivity index (χ1n) is 6.80. The van der Waals surface area contributed by atoms with Crippen LogP contribution in [0.15, 0.2) is 24.3 Å². The van der Waals surface area contributed by atoms with E-state index in [9.17, 15) is 5.11 Å². The molecule has 0 heterocycles. The number of nitrogens with one attached hydrogen (secondary N) is 1. The van der Waals surface area contributed by atoms with Gasteiger partial charge in [-0.3, -0.25) is 0 Å². The van der Waals surface area contributed by atoms with Gasteiger partial charge < -0.3 is 15.2 Å². The van der Waals surface area contributed by atoms with Crippen molar-refractivity contribution in [2.45, 2.75) is 31.2 Å². The molecule has 0 saturated heterocycles. The van der Waals surface area contributed by atoms with Gasteiger partial charge >= 0.3 is 0 Å². The predicted octanol–water partition coefficient (Wildman–Crippen LogP) is 2.66. The van der Waals surface area contributed by atoms with Crippen LogP contribution in [0.5, 0.6) is 5.75 Å². The fraction of sp³-hybridized carbons (Fsp3) is 0.600. The Kier molecular flexibility index (Phi) is 2.94. The molecule has 1 aromatic rings. The molecular weight excluding hydrogens is 226 g/mol. The van der Waals surface area contributed by atoms with Crippen molar-refractivity contribution < 1.29 is 9.84 Å². The van der Waals surface area contributed by atoms with Gasteiger partial charge in [-0.25, -0.2) is 0 Å². The average Bonchev–Trinajstić information content (AvgIpc) is 3.20. The SMILES string of the molecule is COc1cccc(NC2(CO)CCCC3CC32)c1. The van der Waals surface area contributed by atoms with Gasteiger partial charge in [0.05, 0.1) is 19.3 Å². The number of aliphatic hydroxyl groups is 1. The zero-order chi connectivity index (χ0) is 12.6. The van der Waals surface area contributed by atoms with Gasteiger partial charge in [-0.05, 0) is 43.2 Å². The molecule has 0 spiro atoms. The standard InChI is InChI=1S/C15H21NO2/c1-18-13-6-2-5-12(9-13)16-15(10-17)7-3-4-11-8-14(11)15/h2,5-6,9,11,14,16-17H,3-4,7-8,10H2,1H3. The minimum atomic E-state index is -0.102. The summed E-state index contributed by atoms with van der Waals surface area (Å²) in [5.74, 6) is 2.35. The Labute approximate surface area is 108 Å². The Balaban J connectivity index is 1.80. The topological polar surface area (TPSA) is 41.5 Å². The summed E-state index contributed by atoms with van der Waals surface area (Å²) in [4.78, 5) is 0. The second-order valence-corrected chi connectivity index (χ2v) is 5.67. The van der Waals surface area contributed by atoms with E-state index in [1.807, 2.05) is 24.3 Å². The molecule has 0 radical (unpaired) electrons. The third kappa shape index (κ3) is 1.97. The molecule has 18 heavy (non-hydrogen) atoms. The molecule has 2 aliphatic rings. The number of benzene rings is 1. The Hall–Kier alpha value is -1.22. The molecule has 98 valence electrons. The maximum atomic E-state index is 9.83. The zero-order valence-corrected chi connectivity index (χ0v) is 10.9. The number of fused-ring (bicyclic) bond motifs is 1. The fourth-order valence-electron chi connectivity index (χ4n) is 3.49. The molecule has 2 N–H and O–H groups in total. The maximum Gasteiger partial charge on any atom is 0.120 e. The number of hydrogen-bond acceptors (Lipinski definition) is 3. The lowest BCUT2D eigenvalue weighted by molar-refractivity contribution is 0.161. The van der Waals surface area contributed by atoms with E-state index in [-0.39, 0.29) is 12.1 Å². The molecule has 3 rings (SSSR count). The number of rotatable bonds is 4. The van der Waals surface area contributed by atoms with Gasteiger partial charge in [-0.1, -0.05) is 12.5 Å². The van der Waals surface area contributed by atoms with Crippen LogP contribution in [0.2, 0.25) is 0 Å². The summed E-state index contributed by atoms with van der Waals surface area (Å²) in [6.45, 7) is 0.228. The lowest BCUT2D eigenvalue weighted by Crippen LogP contribution is -2.46. The molecule has 0 aliphatic heterocycles. The monoisotopic (exact) mass is 247 g/mol. The highest BCUT2D eigenvalue weighted by Crippen LogP contribution is 2.55. The van der Waals surface area contributed by atoms with Crippen molar-refractivity contribution in [2.24, 2.45) is 11.8 Å². The largest absolute Gasteiger partial charge is 0.497 e. The van der Waals surface area contributed by atoms with Crippen LogP contribution in [0.1, 0.15) is 25.7 Å². The lowest BCUT2D eigenvalue weighted by Gasteiger charge is -2.37. The van der Waals surface area contributed by atoms with E-state index in [1.54, 1.807) is 7.11 Å². The van der Waals surface area contributed by atoms with Crippen LogP contribution in [-0.4, -0.2) is 24.4 Å². The number of anilines is 1. The van der Waals surface area contributed by atoms with Crippen LogP contribution >= 0.6 is 0 Å². The molecule has 3 heteroatoms. The highest BCUT2D eigenvalue weighted by atomic mass is 16.5. The van der Waals surface area contributed by atoms with Crippen molar-refractivity contribution in [2.75, 3.05) is 19.0 Å². The third-order valence-corrected chi connectivity index (χ3v) is 4.58. The van der Waals surface area contributed by atoms with Crippen molar-refractivity contribution >= 4 is 5.69 Å². The van der Waals surface area contributed by atoms with Crippen molar-refractivity contribution in [1.82, 2.24) is 0 Å². The van der Waals surface area contributed by atoms with Gasteiger partial charge in [-0.15, -0.1) is 0 Å². The van der Waals surface area contributed by atoms with E-state index in [0.717, 1.165) is 23.8 Å². The van der Waals surface area contributed by atoms with E-state index in [2.05, 4.69) is 5.32 Å². The Bertz CT molecular complexity index is 434. The summed E-state index contributed by atoms with van der Waals surface area (Å²) in [7, 11) is 1.68. The van der Waals surface area contributed by atoms with Crippen LogP contribution < -0.4 is 10.1 Å². The molecular formula is C15H21NO2. The van der Waals surface area contributed by atoms with Crippen LogP contribution in [0, 0.1) is 11.8 Å². The predicted molar refractivity (Wildman–Crippen MR) is 71.9 cm³/mol. The number of hydrogen-bond donors (Lipinski definition) is 2. The van der Waals surface area contributed by atoms with E-state index in [4.69, 9.17) is 4.74 Å². The van der Waals surface area contributed by atoms with E-state index in [0.29, 0.717) is 5.92 Å². The summed E-state index contributed by atoms with van der Waals surface area (Å²) in [6, 6.07) is 7.98. The lowest BCUT2D eigenvalue weighted by atomic mass is 9.81. The van der Waals surface area contributed by atoms with Crippen LogP contribution in [0.25, 0.3) is 0 Å². The van der Waals surface area contributed by atoms with Crippen LogP contribution in [-0.2, 0) is 0 Å². The molecule has 3 atom stereocenters. The molecule has 0 amide bonds. The Morgan fingerprint density at radius 2 is 2.39 bits per heavy atom. The minimum Gasteiger partial charge on any atom is -0.497 e. The molecule has 1 aromatic carbocycles. The zero-order valence-electron chi connectivity index (χ0n) is 10.9. The first kappa shape index (κ1) is 11.8. The molecule has 3 nitrogen and oxygen atoms in total. The third-order valence-electron chi connectivity index (χ3n) is 4.58. The summed E-state index contributed by atoms with van der Waals surface area (Å²) in [5.41, 5.74) is 0.950. The molecule has 2 fully saturated rings. The van der Waals surface area contributed by atoms with Gasteiger partial charge in [0.25, 0.3) is 0 Å². The molecule has 0 bridgehead atoms. The first-order valence-corrected chi connectivity index (χ1v) is 6.80. The summed E-state index contributed by atoms with van der Waals surface area (Å²) in [5, 5.41) is 13.4. The van der Waals surface area contributed by atoms with E-state index >= 15 is 0 Å². The van der Waals surface area contributed by atoms with Crippen molar-refractivity contribution in [3.8, 4) is 5.75 Å². The maximum absolute atomic E-state index is 9.83. The van der Waals surface area contributed by atoms with Gasteiger partial charge in [0, 0.05) is 11.8 Å². The number of aliphatic hydroxyl groups excluding tert-OH is 1. The van der Waals surface area contributed by atoms with Gasteiger partial charge in [0.2, 0.25) is 0 Å². The Morgan fingerprint density at radius 3 is 3.17 bits per heavy atom. The van der Waals surface area contributed by atoms with Crippen LogP contribution in [0.4, 0.5) is 5.69 Å². The second-order valence-electron chi connectivity index (χ2n) is 5.67. The molecule has 2 aliphatic carbocycles. The van der Waals surface area contributed by atoms with E-state index < -0.39 is 0 Å². The van der Waals surface area contributed by atoms with Crippen molar-refractivity contribution in [1.29, 1.82) is 0 Å². The fourth-order valence-corrected chi connectivity index (χ4v) is 3.49. The van der Waals surface area contributed by atoms with Gasteiger partial charge in [0.1, 0.15) is 5.75 Å². The van der Waals surface area contributed by atoms with Crippen molar-refractivity contribution in [3.05, 3.63) is 24.3 Å². The highest BCUT2D eigenvalue weighted by molar-refractivity contribution is 5.51. The quantitative estimate of drug-likeness (QED) is 0.859. The smallest absolute Gasteiger partial charge is 0.120 e. The number of methoxy groups -OCH3 is 1. The summed E-state index contributed by atoms with van der Waals surface area (Å²) >= 11 is 0. The molecule has 2 saturated carbocycles. The summed E-state index contributed by atoms with van der Waals surface area (Å²) < 4.78 is 5.25. The van der Waals surface area contributed by atoms with Gasteiger partial charge in [0.15, 0.2) is 0 Å². The summed E-state index contributed by atoms with van der Waals surface area (Å²) in [6.07, 6.45) is 4.91. The first-order chi connectivity index (χ1) is 8.77. The highest BCUT2D eigenvalue weighted by Gasteiger charge is 2.54.